The van der Waals surface area contributed by atoms with Gasteiger partial charge in [-0.1, -0.05) is 80.9 Å². The lowest BCUT2D eigenvalue weighted by atomic mass is 9.74. The summed E-state index contributed by atoms with van der Waals surface area (Å²) in [6.07, 6.45) is -0.178. The molecule has 0 aliphatic carbocycles. The van der Waals surface area contributed by atoms with E-state index in [0.717, 1.165) is 5.56 Å². The fourth-order valence-electron chi connectivity index (χ4n) is 5.90. The average molecular weight is 569 g/mol. The highest BCUT2D eigenvalue weighted by atomic mass is 16.6. The Bertz CT molecular complexity index is 1200. The molecular formula is C30H40N4O7. The Labute approximate surface area is 240 Å². The van der Waals surface area contributed by atoms with Crippen molar-refractivity contribution >= 4 is 17.8 Å². The number of carbonyl (C=O) groups is 3. The number of carboxylic acids is 1. The Morgan fingerprint density at radius 3 is 2.29 bits per heavy atom. The van der Waals surface area contributed by atoms with Crippen molar-refractivity contribution in [1.29, 1.82) is 0 Å². The fraction of sp³-hybridized carbons (Fsp3) is 0.500. The van der Waals surface area contributed by atoms with E-state index in [4.69, 9.17) is 15.6 Å². The van der Waals surface area contributed by atoms with E-state index >= 15 is 0 Å². The molecule has 0 radical (unpaired) electrons. The zero-order valence-corrected chi connectivity index (χ0v) is 23.8. The SMILES string of the molecule is CC[C@H](C)[C@@H](OCc1ccccc1)[C@@H]1[C@H]([N+](=O)[O-])[C@H](c2ccccc2)N(C(=O)CN)[C@]1(C)C(=O)NCCCC(=O)O. The monoisotopic (exact) mass is 568 g/mol. The second-order valence-electron chi connectivity index (χ2n) is 10.7. The van der Waals surface area contributed by atoms with Gasteiger partial charge in [0.1, 0.15) is 11.6 Å². The zero-order valence-electron chi connectivity index (χ0n) is 23.8. The molecular weight excluding hydrogens is 528 g/mol. The molecule has 6 atom stereocenters. The molecule has 0 spiro atoms. The smallest absolute Gasteiger partial charge is 0.303 e. The van der Waals surface area contributed by atoms with E-state index in [1.54, 1.807) is 37.3 Å². The molecule has 3 rings (SSSR count). The molecule has 1 heterocycles. The summed E-state index contributed by atoms with van der Waals surface area (Å²) in [4.78, 5) is 52.5. The topological polar surface area (TPSA) is 165 Å². The minimum absolute atomic E-state index is 0.0239. The molecule has 0 unspecified atom stereocenters. The molecule has 1 saturated heterocycles. The number of nitrogens with zero attached hydrogens (tertiary/aromatic N) is 2. The number of ether oxygens (including phenoxy) is 1. The highest BCUT2D eigenvalue weighted by Crippen LogP contribution is 2.51. The Hall–Kier alpha value is -3.83. The number of hydrogen-bond acceptors (Lipinski definition) is 7. The largest absolute Gasteiger partial charge is 0.481 e. The standard InChI is InChI=1S/C30H40N4O7/c1-4-20(2)28(41-19-21-12-7-5-8-13-21)25-27(34(39)40)26(22-14-9-6-10-15-22)33(23(35)18-31)30(25,3)29(38)32-17-11-16-24(36)37/h5-10,12-15,20,25-28H,4,11,16-19,31H2,1-3H3,(H,32,38)(H,36,37)/t20-,25-,26-,27-,28+,30-/m0/s1. The van der Waals surface area contributed by atoms with Crippen molar-refractivity contribution in [2.24, 2.45) is 17.6 Å². The third-order valence-electron chi connectivity index (χ3n) is 8.10. The Kier molecular flexibility index (Phi) is 11.0. The van der Waals surface area contributed by atoms with Crippen LogP contribution in [0.5, 0.6) is 0 Å². The first kappa shape index (κ1) is 31.7. The van der Waals surface area contributed by atoms with Crippen molar-refractivity contribution in [1.82, 2.24) is 10.2 Å². The van der Waals surface area contributed by atoms with Gasteiger partial charge in [-0.15, -0.1) is 0 Å². The van der Waals surface area contributed by atoms with Crippen LogP contribution >= 0.6 is 0 Å². The summed E-state index contributed by atoms with van der Waals surface area (Å²) in [5.41, 5.74) is 5.48. The quantitative estimate of drug-likeness (QED) is 0.178. The molecule has 2 aromatic rings. The third kappa shape index (κ3) is 6.91. The number of rotatable bonds is 14. The molecule has 41 heavy (non-hydrogen) atoms. The van der Waals surface area contributed by atoms with Gasteiger partial charge in [0.05, 0.1) is 25.2 Å². The Balaban J connectivity index is 2.19. The fourth-order valence-corrected chi connectivity index (χ4v) is 5.90. The van der Waals surface area contributed by atoms with Crippen LogP contribution in [0.15, 0.2) is 60.7 Å². The molecule has 0 bridgehead atoms. The molecule has 1 aliphatic rings. The van der Waals surface area contributed by atoms with Crippen LogP contribution in [-0.4, -0.2) is 63.5 Å². The van der Waals surface area contributed by atoms with Crippen LogP contribution in [0.4, 0.5) is 0 Å². The molecule has 0 saturated carbocycles. The average Bonchev–Trinajstić information content (AvgIpc) is 3.25. The van der Waals surface area contributed by atoms with Gasteiger partial charge in [-0.25, -0.2) is 0 Å². The number of hydrogen-bond donors (Lipinski definition) is 3. The number of carboxylic acid groups (broad SMARTS) is 1. The second-order valence-corrected chi connectivity index (χ2v) is 10.7. The summed E-state index contributed by atoms with van der Waals surface area (Å²) < 4.78 is 6.46. The normalized spacial score (nSPS) is 23.5. The van der Waals surface area contributed by atoms with Gasteiger partial charge in [-0.3, -0.25) is 24.5 Å². The van der Waals surface area contributed by atoms with Crippen LogP contribution in [0.3, 0.4) is 0 Å². The van der Waals surface area contributed by atoms with Crippen molar-refractivity contribution in [2.45, 2.75) is 70.4 Å². The van der Waals surface area contributed by atoms with E-state index in [0.29, 0.717) is 12.0 Å². The summed E-state index contributed by atoms with van der Waals surface area (Å²) in [6, 6.07) is 15.5. The summed E-state index contributed by atoms with van der Waals surface area (Å²) in [5, 5.41) is 24.8. The molecule has 0 aromatic heterocycles. The second kappa shape index (κ2) is 14.2. The highest BCUT2D eigenvalue weighted by molar-refractivity contribution is 5.93. The molecule has 2 amide bonds. The van der Waals surface area contributed by atoms with Crippen molar-refractivity contribution in [3.05, 3.63) is 81.9 Å². The van der Waals surface area contributed by atoms with Gasteiger partial charge in [0.25, 0.3) is 0 Å². The van der Waals surface area contributed by atoms with Crippen LogP contribution in [0, 0.1) is 22.0 Å². The number of amides is 2. The first-order valence-corrected chi connectivity index (χ1v) is 13.9. The maximum Gasteiger partial charge on any atom is 0.303 e. The lowest BCUT2D eigenvalue weighted by Gasteiger charge is -2.42. The van der Waals surface area contributed by atoms with Gasteiger partial charge < -0.3 is 25.8 Å². The predicted octanol–water partition coefficient (Wildman–Crippen LogP) is 3.16. The molecule has 222 valence electrons. The van der Waals surface area contributed by atoms with Crippen LogP contribution in [0.1, 0.15) is 57.2 Å². The van der Waals surface area contributed by atoms with E-state index < -0.39 is 58.9 Å². The Morgan fingerprint density at radius 1 is 1.15 bits per heavy atom. The van der Waals surface area contributed by atoms with E-state index in [1.165, 1.54) is 4.90 Å². The number of carbonyl (C=O) groups excluding carboxylic acids is 2. The van der Waals surface area contributed by atoms with Gasteiger partial charge in [0, 0.05) is 17.9 Å². The number of aliphatic carboxylic acids is 1. The molecule has 1 fully saturated rings. The van der Waals surface area contributed by atoms with Crippen molar-refractivity contribution < 1.29 is 29.2 Å². The third-order valence-corrected chi connectivity index (χ3v) is 8.10. The molecule has 11 nitrogen and oxygen atoms in total. The van der Waals surface area contributed by atoms with Crippen molar-refractivity contribution in [3.63, 3.8) is 0 Å². The summed E-state index contributed by atoms with van der Waals surface area (Å²) in [7, 11) is 0. The van der Waals surface area contributed by atoms with Crippen molar-refractivity contribution in [2.75, 3.05) is 13.1 Å². The van der Waals surface area contributed by atoms with Gasteiger partial charge in [-0.2, -0.15) is 0 Å². The number of benzene rings is 2. The lowest BCUT2D eigenvalue weighted by Crippen LogP contribution is -2.63. The molecule has 4 N–H and O–H groups in total. The lowest BCUT2D eigenvalue weighted by molar-refractivity contribution is -0.536. The molecule has 2 aromatic carbocycles. The van der Waals surface area contributed by atoms with Crippen LogP contribution in [-0.2, 0) is 25.7 Å². The maximum atomic E-state index is 14.1. The number of nitrogens with one attached hydrogen (secondary N) is 1. The highest BCUT2D eigenvalue weighted by Gasteiger charge is 2.69. The number of likely N-dealkylation sites (tertiary alicyclic amines) is 1. The minimum Gasteiger partial charge on any atom is -0.481 e. The predicted molar refractivity (Wildman–Crippen MR) is 152 cm³/mol. The van der Waals surface area contributed by atoms with E-state index in [9.17, 15) is 24.5 Å². The maximum absolute atomic E-state index is 14.1. The molecule has 11 heteroatoms. The number of nitrogens with two attached hydrogens (primary N) is 1. The van der Waals surface area contributed by atoms with E-state index in [1.807, 2.05) is 44.2 Å². The van der Waals surface area contributed by atoms with Gasteiger partial charge in [0.2, 0.25) is 17.9 Å². The Morgan fingerprint density at radius 2 is 1.76 bits per heavy atom. The van der Waals surface area contributed by atoms with Gasteiger partial charge in [-0.05, 0) is 30.4 Å². The molecule has 1 aliphatic heterocycles. The summed E-state index contributed by atoms with van der Waals surface area (Å²) in [5.74, 6) is -3.50. The van der Waals surface area contributed by atoms with E-state index in [-0.39, 0.29) is 31.9 Å². The summed E-state index contributed by atoms with van der Waals surface area (Å²) >= 11 is 0. The van der Waals surface area contributed by atoms with Gasteiger partial charge >= 0.3 is 5.97 Å². The first-order chi connectivity index (χ1) is 19.6. The first-order valence-electron chi connectivity index (χ1n) is 13.9. The number of nitro groups is 1. The van der Waals surface area contributed by atoms with Gasteiger partial charge in [0.15, 0.2) is 0 Å². The zero-order chi connectivity index (χ0) is 30.2. The van der Waals surface area contributed by atoms with Crippen LogP contribution in [0.2, 0.25) is 0 Å². The van der Waals surface area contributed by atoms with Crippen molar-refractivity contribution in [3.8, 4) is 0 Å². The van der Waals surface area contributed by atoms with Crippen LogP contribution < -0.4 is 11.1 Å². The minimum atomic E-state index is -1.73. The van der Waals surface area contributed by atoms with Crippen LogP contribution in [0.25, 0.3) is 0 Å². The van der Waals surface area contributed by atoms with E-state index in [2.05, 4.69) is 5.32 Å². The summed E-state index contributed by atoms with van der Waals surface area (Å²) in [6.45, 7) is 5.13.